The Morgan fingerprint density at radius 3 is 2.50 bits per heavy atom. The Kier molecular flexibility index (Phi) is 6.82. The largest absolute Gasteiger partial charge is 0.509 e. The van der Waals surface area contributed by atoms with E-state index in [0.29, 0.717) is 17.1 Å². The number of β-lactam (4-membered cyclic amide) rings is 1. The predicted octanol–water partition coefficient (Wildman–Crippen LogP) is 1.00. The molecule has 2 aromatic carbocycles. The molecule has 2 unspecified atom stereocenters. The van der Waals surface area contributed by atoms with E-state index in [1.54, 1.807) is 54.6 Å². The highest BCUT2D eigenvalue weighted by Gasteiger charge is 2.57. The van der Waals surface area contributed by atoms with Crippen LogP contribution >= 0.6 is 0 Å². The van der Waals surface area contributed by atoms with Crippen molar-refractivity contribution in [2.45, 2.75) is 18.0 Å². The number of carbonyl (C=O) groups excluding carboxylic acids is 3. The molecule has 10 nitrogen and oxygen atoms in total. The number of rotatable bonds is 8. The second kappa shape index (κ2) is 9.96. The Balaban J connectivity index is 1.38. The average molecular weight is 487 g/mol. The highest BCUT2D eigenvalue weighted by atomic mass is 32.2. The van der Waals surface area contributed by atoms with Crippen molar-refractivity contribution in [3.63, 3.8) is 0 Å². The number of aliphatic hydroxyl groups is 1. The van der Waals surface area contributed by atoms with Crippen LogP contribution in [0, 0.1) is 0 Å². The van der Waals surface area contributed by atoms with Crippen LogP contribution in [0.1, 0.15) is 5.56 Å². The van der Waals surface area contributed by atoms with Gasteiger partial charge >= 0.3 is 5.97 Å². The van der Waals surface area contributed by atoms with Crippen molar-refractivity contribution in [3.05, 3.63) is 71.6 Å². The number of nitrogens with zero attached hydrogens (tertiary/aromatic N) is 1. The molecule has 178 valence electrons. The molecule has 2 amide bonds. The van der Waals surface area contributed by atoms with Gasteiger partial charge in [0.2, 0.25) is 0 Å². The van der Waals surface area contributed by atoms with Gasteiger partial charge in [-0.05, 0) is 29.8 Å². The normalized spacial score (nSPS) is 21.3. The van der Waals surface area contributed by atoms with E-state index >= 15 is 0 Å². The van der Waals surface area contributed by atoms with Gasteiger partial charge in [0.1, 0.15) is 35.3 Å². The molecule has 0 spiro atoms. The van der Waals surface area contributed by atoms with Crippen LogP contribution in [0.25, 0.3) is 0 Å². The monoisotopic (exact) mass is 486 g/mol. The fourth-order valence-electron chi connectivity index (χ4n) is 3.57. The molecule has 1 fully saturated rings. The zero-order valence-corrected chi connectivity index (χ0v) is 18.9. The summed E-state index contributed by atoms with van der Waals surface area (Å²) in [4.78, 5) is 38.6. The minimum absolute atomic E-state index is 0.105. The lowest BCUT2D eigenvalue weighted by molar-refractivity contribution is -0.154. The summed E-state index contributed by atoms with van der Waals surface area (Å²) in [7, 11) is -0.195. The van der Waals surface area contributed by atoms with Gasteiger partial charge < -0.3 is 24.6 Å². The van der Waals surface area contributed by atoms with E-state index in [9.17, 15) is 23.7 Å². The van der Waals surface area contributed by atoms with Gasteiger partial charge in [0.15, 0.2) is 12.3 Å². The van der Waals surface area contributed by atoms with Crippen molar-refractivity contribution >= 4 is 28.6 Å². The lowest BCUT2D eigenvalue weighted by Gasteiger charge is -2.48. The molecule has 0 saturated carbocycles. The number of esters is 1. The molecule has 1 saturated heterocycles. The predicted molar refractivity (Wildman–Crippen MR) is 120 cm³/mol. The number of hydrogen-bond donors (Lipinski definition) is 2. The molecule has 2 heterocycles. The maximum atomic E-state index is 12.7. The van der Waals surface area contributed by atoms with E-state index in [1.165, 1.54) is 7.11 Å². The Morgan fingerprint density at radius 2 is 1.82 bits per heavy atom. The van der Waals surface area contributed by atoms with Crippen molar-refractivity contribution in [2.24, 2.45) is 0 Å². The van der Waals surface area contributed by atoms with Crippen molar-refractivity contribution in [3.8, 4) is 11.5 Å². The van der Waals surface area contributed by atoms with E-state index in [4.69, 9.17) is 14.2 Å². The third kappa shape index (κ3) is 4.74. The zero-order valence-electron chi connectivity index (χ0n) is 18.1. The number of ether oxygens (including phenoxy) is 3. The SMILES string of the molecule is COc1ccc(COC(=O)C2=C(O)CS(=O)[C@H]3C(NC(=O)COc4ccccc4)C(=O)N23)cc1. The quantitative estimate of drug-likeness (QED) is 0.417. The average Bonchev–Trinajstić information content (AvgIpc) is 2.85. The van der Waals surface area contributed by atoms with Gasteiger partial charge in [-0.2, -0.15) is 0 Å². The molecule has 2 aromatic rings. The summed E-state index contributed by atoms with van der Waals surface area (Å²) in [6.45, 7) is -0.447. The second-order valence-corrected chi connectivity index (χ2v) is 9.02. The van der Waals surface area contributed by atoms with Crippen molar-refractivity contribution < 1.29 is 37.9 Å². The Labute approximate surface area is 197 Å². The molecule has 0 radical (unpaired) electrons. The summed E-state index contributed by atoms with van der Waals surface area (Å²) in [6, 6.07) is 14.4. The first-order chi connectivity index (χ1) is 16.4. The van der Waals surface area contributed by atoms with Gasteiger partial charge in [-0.25, -0.2) is 4.79 Å². The first kappa shape index (κ1) is 23.3. The van der Waals surface area contributed by atoms with Crippen LogP contribution in [0.2, 0.25) is 0 Å². The van der Waals surface area contributed by atoms with E-state index in [0.717, 1.165) is 4.90 Å². The second-order valence-electron chi connectivity index (χ2n) is 7.49. The molecule has 2 N–H and O–H groups in total. The van der Waals surface area contributed by atoms with Gasteiger partial charge in [-0.1, -0.05) is 30.3 Å². The number of aliphatic hydroxyl groups excluding tert-OH is 1. The molecule has 2 aliphatic rings. The van der Waals surface area contributed by atoms with Crippen LogP contribution < -0.4 is 14.8 Å². The third-order valence-corrected chi connectivity index (χ3v) is 6.84. The smallest absolute Gasteiger partial charge is 0.358 e. The van der Waals surface area contributed by atoms with Crippen LogP contribution in [0.5, 0.6) is 11.5 Å². The first-order valence-electron chi connectivity index (χ1n) is 10.3. The Bertz CT molecular complexity index is 1150. The maximum absolute atomic E-state index is 12.7. The van der Waals surface area contributed by atoms with E-state index in [1.807, 2.05) is 0 Å². The highest BCUT2D eigenvalue weighted by molar-refractivity contribution is 7.86. The van der Waals surface area contributed by atoms with Crippen molar-refractivity contribution in [2.75, 3.05) is 19.5 Å². The van der Waals surface area contributed by atoms with Crippen molar-refractivity contribution in [1.82, 2.24) is 10.2 Å². The summed E-state index contributed by atoms with van der Waals surface area (Å²) in [5, 5.41) is 11.8. The van der Waals surface area contributed by atoms with E-state index in [2.05, 4.69) is 5.32 Å². The number of nitrogens with one attached hydrogen (secondary N) is 1. The number of amides is 2. The molecule has 0 aliphatic carbocycles. The van der Waals surface area contributed by atoms with Crippen LogP contribution in [0.3, 0.4) is 0 Å². The number of carbonyl (C=O) groups is 3. The highest BCUT2D eigenvalue weighted by Crippen LogP contribution is 2.34. The molecular formula is C23H22N2O8S. The molecule has 0 aromatic heterocycles. The molecule has 3 atom stereocenters. The lowest BCUT2D eigenvalue weighted by Crippen LogP contribution is -2.73. The van der Waals surface area contributed by atoms with Crippen LogP contribution in [-0.2, 0) is 36.5 Å². The zero-order chi connectivity index (χ0) is 24.2. The maximum Gasteiger partial charge on any atom is 0.358 e. The number of benzene rings is 2. The van der Waals surface area contributed by atoms with Crippen molar-refractivity contribution in [1.29, 1.82) is 0 Å². The van der Waals surface area contributed by atoms with Gasteiger partial charge in [0, 0.05) is 0 Å². The van der Waals surface area contributed by atoms with Crippen LogP contribution in [0.4, 0.5) is 0 Å². The Morgan fingerprint density at radius 1 is 1.12 bits per heavy atom. The molecule has 4 rings (SSSR count). The number of fused-ring (bicyclic) bond motifs is 1. The molecule has 34 heavy (non-hydrogen) atoms. The topological polar surface area (TPSA) is 131 Å². The Hall–Kier alpha value is -3.86. The van der Waals surface area contributed by atoms with Gasteiger partial charge in [0.05, 0.1) is 23.7 Å². The first-order valence-corrected chi connectivity index (χ1v) is 11.7. The van der Waals surface area contributed by atoms with Gasteiger partial charge in [0.25, 0.3) is 11.8 Å². The number of hydrogen-bond acceptors (Lipinski definition) is 8. The summed E-state index contributed by atoms with van der Waals surface area (Å²) in [6.07, 6.45) is 0. The lowest BCUT2D eigenvalue weighted by atomic mass is 10.0. The molecule has 11 heteroatoms. The summed E-state index contributed by atoms with van der Waals surface area (Å²) < 4.78 is 28.3. The molecule has 0 bridgehead atoms. The van der Waals surface area contributed by atoms with E-state index in [-0.39, 0.29) is 24.7 Å². The van der Waals surface area contributed by atoms with Gasteiger partial charge in [-0.15, -0.1) is 0 Å². The third-order valence-electron chi connectivity index (χ3n) is 5.26. The van der Waals surface area contributed by atoms with E-state index < -0.39 is 45.8 Å². The number of para-hydroxylation sites is 1. The standard InChI is InChI=1S/C23H22N2O8S/c1-31-15-9-7-14(8-10-15)11-33-23(29)20-17(26)13-34(30)22-19(21(28)25(20)22)24-18(27)12-32-16-5-3-2-4-6-16/h2-10,19,22,26H,11-13H2,1H3,(H,24,27)/t19?,22-,34?/m0/s1. The summed E-state index contributed by atoms with van der Waals surface area (Å²) in [5.41, 5.74) is 0.304. The van der Waals surface area contributed by atoms with Crippen LogP contribution in [0.15, 0.2) is 66.1 Å². The fraction of sp³-hybridized carbons (Fsp3) is 0.261. The fourth-order valence-corrected chi connectivity index (χ4v) is 5.08. The molecular weight excluding hydrogens is 464 g/mol. The number of methoxy groups -OCH3 is 1. The minimum Gasteiger partial charge on any atom is -0.509 e. The van der Waals surface area contributed by atoms with Crippen LogP contribution in [-0.4, -0.2) is 62.9 Å². The molecule has 2 aliphatic heterocycles. The minimum atomic E-state index is -1.73. The summed E-state index contributed by atoms with van der Waals surface area (Å²) in [5.74, 6) is -1.90. The van der Waals surface area contributed by atoms with Gasteiger partial charge in [-0.3, -0.25) is 18.7 Å². The summed E-state index contributed by atoms with van der Waals surface area (Å²) >= 11 is 0.